The zero-order valence-electron chi connectivity index (χ0n) is 13.2. The Morgan fingerprint density at radius 2 is 1.50 bits per heavy atom. The summed E-state index contributed by atoms with van der Waals surface area (Å²) in [7, 11) is 3.27. The lowest BCUT2D eigenvalue weighted by atomic mass is 10.1. The molecule has 114 valence electrons. The van der Waals surface area contributed by atoms with Gasteiger partial charge in [-0.05, 0) is 25.8 Å². The maximum Gasteiger partial charge on any atom is 0.127 e. The van der Waals surface area contributed by atoms with Gasteiger partial charge in [-0.1, -0.05) is 13.8 Å². The van der Waals surface area contributed by atoms with Gasteiger partial charge in [0.25, 0.3) is 0 Å². The first-order chi connectivity index (χ1) is 9.55. The summed E-state index contributed by atoms with van der Waals surface area (Å²) in [5.74, 6) is 2.96. The molecule has 0 amide bonds. The van der Waals surface area contributed by atoms with Crippen LogP contribution in [0.15, 0.2) is 18.2 Å². The first kappa shape index (κ1) is 16.6. The third-order valence-electron chi connectivity index (χ3n) is 2.99. The van der Waals surface area contributed by atoms with Crippen molar-refractivity contribution in [2.75, 3.05) is 27.3 Å². The summed E-state index contributed by atoms with van der Waals surface area (Å²) >= 11 is 0. The quantitative estimate of drug-likeness (QED) is 0.706. The van der Waals surface area contributed by atoms with Crippen LogP contribution in [-0.2, 0) is 0 Å². The number of ether oxygens (including phenoxy) is 3. The summed E-state index contributed by atoms with van der Waals surface area (Å²) in [4.78, 5) is 0. The number of benzene rings is 1. The molecule has 0 radical (unpaired) electrons. The molecule has 1 aromatic rings. The van der Waals surface area contributed by atoms with E-state index in [1.54, 1.807) is 14.2 Å². The van der Waals surface area contributed by atoms with Crippen molar-refractivity contribution in [3.63, 3.8) is 0 Å². The monoisotopic (exact) mass is 281 g/mol. The highest BCUT2D eigenvalue weighted by Gasteiger charge is 2.07. The number of hydrogen-bond acceptors (Lipinski definition) is 4. The summed E-state index contributed by atoms with van der Waals surface area (Å²) < 4.78 is 16.3. The van der Waals surface area contributed by atoms with Crippen molar-refractivity contribution >= 4 is 0 Å². The van der Waals surface area contributed by atoms with E-state index in [1.807, 2.05) is 25.1 Å². The Bertz CT molecular complexity index is 371. The van der Waals surface area contributed by atoms with Crippen molar-refractivity contribution in [2.24, 2.45) is 5.92 Å². The van der Waals surface area contributed by atoms with Gasteiger partial charge in [0.2, 0.25) is 0 Å². The molecule has 0 heterocycles. The van der Waals surface area contributed by atoms with Crippen molar-refractivity contribution in [3.05, 3.63) is 18.2 Å². The molecule has 0 fully saturated rings. The third kappa shape index (κ3) is 6.15. The predicted molar refractivity (Wildman–Crippen MR) is 82.0 cm³/mol. The largest absolute Gasteiger partial charge is 0.496 e. The van der Waals surface area contributed by atoms with Crippen LogP contribution in [0.4, 0.5) is 0 Å². The molecule has 4 heteroatoms. The van der Waals surface area contributed by atoms with E-state index >= 15 is 0 Å². The van der Waals surface area contributed by atoms with Crippen molar-refractivity contribution in [1.29, 1.82) is 0 Å². The van der Waals surface area contributed by atoms with Crippen LogP contribution in [-0.4, -0.2) is 33.4 Å². The van der Waals surface area contributed by atoms with Gasteiger partial charge in [-0.15, -0.1) is 0 Å². The first-order valence-corrected chi connectivity index (χ1v) is 7.15. The van der Waals surface area contributed by atoms with Crippen LogP contribution in [0.1, 0.15) is 27.2 Å². The fourth-order valence-corrected chi connectivity index (χ4v) is 1.82. The van der Waals surface area contributed by atoms with E-state index in [-0.39, 0.29) is 6.10 Å². The van der Waals surface area contributed by atoms with E-state index in [2.05, 4.69) is 19.2 Å². The Labute approximate surface area is 122 Å². The van der Waals surface area contributed by atoms with E-state index in [1.165, 1.54) is 6.42 Å². The van der Waals surface area contributed by atoms with Crippen LogP contribution >= 0.6 is 0 Å². The van der Waals surface area contributed by atoms with Crippen molar-refractivity contribution in [3.8, 4) is 17.2 Å². The minimum absolute atomic E-state index is 0.0963. The molecule has 0 aliphatic carbocycles. The van der Waals surface area contributed by atoms with Gasteiger partial charge in [-0.2, -0.15) is 0 Å². The fraction of sp³-hybridized carbons (Fsp3) is 0.625. The molecular weight excluding hydrogens is 254 g/mol. The van der Waals surface area contributed by atoms with E-state index in [0.29, 0.717) is 0 Å². The molecule has 1 aromatic carbocycles. The van der Waals surface area contributed by atoms with Crippen LogP contribution in [0, 0.1) is 5.92 Å². The number of rotatable bonds is 9. The van der Waals surface area contributed by atoms with Crippen LogP contribution in [0.2, 0.25) is 0 Å². The van der Waals surface area contributed by atoms with Gasteiger partial charge in [0.05, 0.1) is 14.2 Å². The standard InChI is InChI=1S/C16H27NO3/c1-12(2)6-7-17-11-13(3)20-16-9-14(18-4)8-15(10-16)19-5/h8-10,12-13,17H,6-7,11H2,1-5H3. The predicted octanol–water partition coefficient (Wildman–Crippen LogP) is 3.11. The van der Waals surface area contributed by atoms with Gasteiger partial charge in [0.15, 0.2) is 0 Å². The zero-order chi connectivity index (χ0) is 15.0. The molecule has 0 saturated heterocycles. The molecule has 4 nitrogen and oxygen atoms in total. The van der Waals surface area contributed by atoms with Crippen LogP contribution in [0.25, 0.3) is 0 Å². The Morgan fingerprint density at radius 3 is 2.00 bits per heavy atom. The van der Waals surface area contributed by atoms with E-state index < -0.39 is 0 Å². The van der Waals surface area contributed by atoms with E-state index in [4.69, 9.17) is 14.2 Å². The Morgan fingerprint density at radius 1 is 0.950 bits per heavy atom. The molecule has 0 aromatic heterocycles. The molecular formula is C16H27NO3. The lowest BCUT2D eigenvalue weighted by molar-refractivity contribution is 0.214. The Kier molecular flexibility index (Phi) is 7.23. The summed E-state index contributed by atoms with van der Waals surface area (Å²) in [6.07, 6.45) is 1.28. The summed E-state index contributed by atoms with van der Waals surface area (Å²) in [6.45, 7) is 8.35. The van der Waals surface area contributed by atoms with Crippen molar-refractivity contribution in [2.45, 2.75) is 33.3 Å². The van der Waals surface area contributed by atoms with Crippen LogP contribution < -0.4 is 19.5 Å². The summed E-state index contributed by atoms with van der Waals surface area (Å²) in [5.41, 5.74) is 0. The second-order valence-corrected chi connectivity index (χ2v) is 5.36. The van der Waals surface area contributed by atoms with Crippen LogP contribution in [0.3, 0.4) is 0 Å². The summed E-state index contributed by atoms with van der Waals surface area (Å²) in [6, 6.07) is 5.57. The highest BCUT2D eigenvalue weighted by atomic mass is 16.5. The molecule has 0 aliphatic rings. The highest BCUT2D eigenvalue weighted by molar-refractivity contribution is 5.42. The number of hydrogen-bond donors (Lipinski definition) is 1. The second-order valence-electron chi connectivity index (χ2n) is 5.36. The highest BCUT2D eigenvalue weighted by Crippen LogP contribution is 2.27. The lowest BCUT2D eigenvalue weighted by Crippen LogP contribution is -2.30. The second kappa shape index (κ2) is 8.69. The van der Waals surface area contributed by atoms with E-state index in [9.17, 15) is 0 Å². The maximum absolute atomic E-state index is 5.88. The van der Waals surface area contributed by atoms with Gasteiger partial charge >= 0.3 is 0 Å². The Hall–Kier alpha value is -1.42. The van der Waals surface area contributed by atoms with E-state index in [0.717, 1.165) is 36.3 Å². The maximum atomic E-state index is 5.88. The minimum atomic E-state index is 0.0963. The fourth-order valence-electron chi connectivity index (χ4n) is 1.82. The molecule has 0 saturated carbocycles. The molecule has 1 unspecified atom stereocenters. The molecule has 1 N–H and O–H groups in total. The normalized spacial score (nSPS) is 12.3. The average molecular weight is 281 g/mol. The third-order valence-corrected chi connectivity index (χ3v) is 2.99. The van der Waals surface area contributed by atoms with Gasteiger partial charge in [0.1, 0.15) is 23.4 Å². The number of nitrogens with one attached hydrogen (secondary N) is 1. The molecule has 0 spiro atoms. The topological polar surface area (TPSA) is 39.7 Å². The molecule has 20 heavy (non-hydrogen) atoms. The van der Waals surface area contributed by atoms with Gasteiger partial charge < -0.3 is 19.5 Å². The smallest absolute Gasteiger partial charge is 0.127 e. The Balaban J connectivity index is 2.46. The van der Waals surface area contributed by atoms with Gasteiger partial charge in [-0.25, -0.2) is 0 Å². The summed E-state index contributed by atoms with van der Waals surface area (Å²) in [5, 5.41) is 3.41. The SMILES string of the molecule is COc1cc(OC)cc(OC(C)CNCCC(C)C)c1. The molecule has 1 atom stereocenters. The minimum Gasteiger partial charge on any atom is -0.496 e. The van der Waals surface area contributed by atoms with Crippen molar-refractivity contribution in [1.82, 2.24) is 5.32 Å². The molecule has 0 aliphatic heterocycles. The van der Waals surface area contributed by atoms with Crippen LogP contribution in [0.5, 0.6) is 17.2 Å². The molecule has 0 bridgehead atoms. The number of methoxy groups -OCH3 is 2. The van der Waals surface area contributed by atoms with Gasteiger partial charge in [-0.3, -0.25) is 0 Å². The molecule has 1 rings (SSSR count). The average Bonchev–Trinajstić information content (AvgIpc) is 2.42. The first-order valence-electron chi connectivity index (χ1n) is 7.15. The van der Waals surface area contributed by atoms with Crippen molar-refractivity contribution < 1.29 is 14.2 Å². The lowest BCUT2D eigenvalue weighted by Gasteiger charge is -2.17. The van der Waals surface area contributed by atoms with Gasteiger partial charge in [0, 0.05) is 24.7 Å². The zero-order valence-corrected chi connectivity index (χ0v) is 13.2.